The molecular formula is C24H35F3Si3. The molecule has 0 radical (unpaired) electrons. The molecule has 0 aliphatic heterocycles. The smallest absolute Gasteiger partial charge is 0.166 e. The molecule has 0 fully saturated rings. The third kappa shape index (κ3) is 5.65. The quantitative estimate of drug-likeness (QED) is 0.392. The number of allylic oxidation sites excluding steroid dienone is 8. The van der Waals surface area contributed by atoms with E-state index < -0.39 is 36.0 Å². The molecule has 0 unspecified atom stereocenters. The maximum atomic E-state index is 13.2. The molecule has 1 aliphatic carbocycles. The van der Waals surface area contributed by atoms with Crippen molar-refractivity contribution in [2.24, 2.45) is 0 Å². The van der Waals surface area contributed by atoms with E-state index in [0.717, 1.165) is 5.56 Å². The standard InChI is InChI=1S/C24H35F3Si3/c1-28(2,3)20-12-10-11-13-21(29(4,5)6)23(30(7,8)9)22(20)18-14-16-19(17-15-18)24(25,26)27/h10-17H,1-9H3/b11-10?,12-10-,13-11-,20-12?,21-13?,22-20+,23-21-,23-22?. The lowest BCUT2D eigenvalue weighted by atomic mass is 10.0. The fraction of sp³-hybridized carbons (Fsp3) is 0.417. The first-order valence-corrected chi connectivity index (χ1v) is 21.0. The minimum atomic E-state index is -4.32. The van der Waals surface area contributed by atoms with E-state index in [-0.39, 0.29) is 0 Å². The van der Waals surface area contributed by atoms with Gasteiger partial charge in [0.05, 0.1) is 29.8 Å². The summed E-state index contributed by atoms with van der Waals surface area (Å²) in [6.07, 6.45) is 4.41. The van der Waals surface area contributed by atoms with E-state index in [2.05, 4.69) is 83.2 Å². The highest BCUT2D eigenvalue weighted by Gasteiger charge is 2.36. The zero-order valence-electron chi connectivity index (χ0n) is 19.8. The number of benzene rings is 1. The first-order chi connectivity index (χ1) is 13.4. The van der Waals surface area contributed by atoms with Crippen molar-refractivity contribution in [1.82, 2.24) is 0 Å². The first kappa shape index (κ1) is 24.9. The molecule has 1 aliphatic rings. The van der Waals surface area contributed by atoms with Gasteiger partial charge in [0.25, 0.3) is 0 Å². The van der Waals surface area contributed by atoms with Gasteiger partial charge in [0.1, 0.15) is 0 Å². The Kier molecular flexibility index (Phi) is 6.87. The van der Waals surface area contributed by atoms with Crippen molar-refractivity contribution >= 4 is 29.8 Å². The summed E-state index contributed by atoms with van der Waals surface area (Å²) < 4.78 is 39.6. The fourth-order valence-electron chi connectivity index (χ4n) is 3.89. The first-order valence-electron chi connectivity index (χ1n) is 10.5. The Balaban J connectivity index is 3.00. The molecule has 0 nitrogen and oxygen atoms in total. The van der Waals surface area contributed by atoms with Crippen molar-refractivity contribution in [2.75, 3.05) is 0 Å². The Labute approximate surface area is 183 Å². The molecule has 0 heterocycles. The molecule has 0 N–H and O–H groups in total. The second kappa shape index (κ2) is 8.28. The maximum absolute atomic E-state index is 13.2. The number of halogens is 3. The van der Waals surface area contributed by atoms with Crippen LogP contribution in [0.15, 0.2) is 64.2 Å². The van der Waals surface area contributed by atoms with Crippen LogP contribution >= 0.6 is 0 Å². The molecule has 6 heteroatoms. The van der Waals surface area contributed by atoms with Gasteiger partial charge in [0.2, 0.25) is 0 Å². The van der Waals surface area contributed by atoms with Crippen LogP contribution in [0.25, 0.3) is 5.57 Å². The van der Waals surface area contributed by atoms with Crippen LogP contribution in [0, 0.1) is 0 Å². The van der Waals surface area contributed by atoms with Gasteiger partial charge >= 0.3 is 6.18 Å². The lowest BCUT2D eigenvalue weighted by molar-refractivity contribution is -0.137. The summed E-state index contributed by atoms with van der Waals surface area (Å²) in [5.41, 5.74) is 1.51. The number of rotatable bonds is 4. The molecule has 0 amide bonds. The highest BCUT2D eigenvalue weighted by molar-refractivity contribution is 6.92. The Morgan fingerprint density at radius 3 is 1.40 bits per heavy atom. The number of hydrogen-bond donors (Lipinski definition) is 0. The van der Waals surface area contributed by atoms with Crippen LogP contribution in [0.3, 0.4) is 0 Å². The third-order valence-corrected chi connectivity index (χ3v) is 11.6. The summed E-state index contributed by atoms with van der Waals surface area (Å²) in [5, 5.41) is 4.16. The van der Waals surface area contributed by atoms with Gasteiger partial charge < -0.3 is 0 Å². The molecule has 30 heavy (non-hydrogen) atoms. The van der Waals surface area contributed by atoms with Crippen LogP contribution in [0.5, 0.6) is 0 Å². The van der Waals surface area contributed by atoms with Crippen LogP contribution in [-0.2, 0) is 6.18 Å². The van der Waals surface area contributed by atoms with Gasteiger partial charge in [-0.1, -0.05) is 111 Å². The molecule has 0 bridgehead atoms. The Morgan fingerprint density at radius 2 is 1.03 bits per heavy atom. The van der Waals surface area contributed by atoms with E-state index in [0.29, 0.717) is 0 Å². The third-order valence-electron chi connectivity index (χ3n) is 5.29. The largest absolute Gasteiger partial charge is 0.416 e. The summed E-state index contributed by atoms with van der Waals surface area (Å²) in [7, 11) is -5.30. The van der Waals surface area contributed by atoms with E-state index in [1.165, 1.54) is 33.3 Å². The maximum Gasteiger partial charge on any atom is 0.416 e. The molecule has 0 saturated carbocycles. The minimum absolute atomic E-state index is 0.591. The predicted molar refractivity (Wildman–Crippen MR) is 134 cm³/mol. The van der Waals surface area contributed by atoms with Gasteiger partial charge in [0, 0.05) is 0 Å². The van der Waals surface area contributed by atoms with Gasteiger partial charge in [-0.15, -0.1) is 0 Å². The summed E-state index contributed by atoms with van der Waals surface area (Å²) in [5.74, 6) is 0. The zero-order chi connectivity index (χ0) is 23.1. The van der Waals surface area contributed by atoms with Crippen molar-refractivity contribution in [3.63, 3.8) is 0 Å². The lowest BCUT2D eigenvalue weighted by Gasteiger charge is -2.36. The molecular weight excluding hydrogens is 430 g/mol. The van der Waals surface area contributed by atoms with Crippen LogP contribution in [-0.4, -0.2) is 24.2 Å². The van der Waals surface area contributed by atoms with Crippen molar-refractivity contribution in [2.45, 2.75) is 65.1 Å². The SMILES string of the molecule is C[Si](C)(C)C1=C([Si](C)(C)C)/C(c2ccc(C(F)(F)F)cc2)=C([Si](C)(C)C)\C=C/C=C\1. The molecule has 0 aromatic heterocycles. The second-order valence-electron chi connectivity index (χ2n) is 11.1. The average molecular weight is 465 g/mol. The average Bonchev–Trinajstić information content (AvgIpc) is 2.50. The Hall–Kier alpha value is -1.38. The lowest BCUT2D eigenvalue weighted by Crippen LogP contribution is -2.36. The van der Waals surface area contributed by atoms with Crippen LogP contribution in [0.1, 0.15) is 11.1 Å². The summed E-state index contributed by atoms with van der Waals surface area (Å²) in [6, 6.07) is 5.83. The Bertz CT molecular complexity index is 909. The van der Waals surface area contributed by atoms with Gasteiger partial charge in [-0.2, -0.15) is 13.2 Å². The molecule has 0 atom stereocenters. The summed E-state index contributed by atoms with van der Waals surface area (Å²) in [4.78, 5) is 0. The van der Waals surface area contributed by atoms with Crippen LogP contribution in [0.2, 0.25) is 58.9 Å². The van der Waals surface area contributed by atoms with Gasteiger partial charge in [-0.3, -0.25) is 0 Å². The predicted octanol–water partition coefficient (Wildman–Crippen LogP) is 8.51. The van der Waals surface area contributed by atoms with Crippen molar-refractivity contribution in [3.05, 3.63) is 75.3 Å². The van der Waals surface area contributed by atoms with Crippen molar-refractivity contribution in [1.29, 1.82) is 0 Å². The molecule has 2 rings (SSSR count). The zero-order valence-corrected chi connectivity index (χ0v) is 22.8. The normalized spacial score (nSPS) is 23.7. The highest BCUT2D eigenvalue weighted by atomic mass is 28.3. The fourth-order valence-corrected chi connectivity index (χ4v) is 11.3. The molecule has 0 saturated heterocycles. The highest BCUT2D eigenvalue weighted by Crippen LogP contribution is 2.42. The van der Waals surface area contributed by atoms with E-state index in [4.69, 9.17) is 0 Å². The summed E-state index contributed by atoms with van der Waals surface area (Å²) >= 11 is 0. The topological polar surface area (TPSA) is 0 Å². The van der Waals surface area contributed by atoms with Crippen molar-refractivity contribution < 1.29 is 13.2 Å². The Morgan fingerprint density at radius 1 is 0.600 bits per heavy atom. The monoisotopic (exact) mass is 464 g/mol. The van der Waals surface area contributed by atoms with E-state index in [9.17, 15) is 13.2 Å². The van der Waals surface area contributed by atoms with E-state index in [1.807, 2.05) is 0 Å². The van der Waals surface area contributed by atoms with E-state index in [1.54, 1.807) is 12.1 Å². The van der Waals surface area contributed by atoms with Gasteiger partial charge in [0.15, 0.2) is 0 Å². The van der Waals surface area contributed by atoms with Crippen LogP contribution in [0.4, 0.5) is 13.2 Å². The molecule has 164 valence electrons. The van der Waals surface area contributed by atoms with Gasteiger partial charge in [-0.25, -0.2) is 0 Å². The molecule has 1 aromatic carbocycles. The van der Waals surface area contributed by atoms with Gasteiger partial charge in [-0.05, 0) is 23.3 Å². The second-order valence-corrected chi connectivity index (χ2v) is 26.2. The molecule has 1 aromatic rings. The van der Waals surface area contributed by atoms with E-state index >= 15 is 0 Å². The summed E-state index contributed by atoms with van der Waals surface area (Å²) in [6.45, 7) is 21.1. The van der Waals surface area contributed by atoms with Crippen molar-refractivity contribution in [3.8, 4) is 0 Å². The van der Waals surface area contributed by atoms with Crippen LogP contribution < -0.4 is 0 Å². The number of alkyl halides is 3. The minimum Gasteiger partial charge on any atom is -0.166 e. The number of hydrogen-bond acceptors (Lipinski definition) is 0. The molecule has 0 spiro atoms.